The summed E-state index contributed by atoms with van der Waals surface area (Å²) in [4.78, 5) is 17.6. The zero-order valence-corrected chi connectivity index (χ0v) is 20.8. The Bertz CT molecular complexity index is 1010. The molecular weight excluding hydrogens is 475 g/mol. The Morgan fingerprint density at radius 3 is 2.54 bits per heavy atom. The quantitative estimate of drug-likeness (QED) is 0.411. The Kier molecular flexibility index (Phi) is 8.49. The van der Waals surface area contributed by atoms with Gasteiger partial charge >= 0.3 is 12.3 Å². The first-order chi connectivity index (χ1) is 16.8. The number of carbonyl (C=O) groups excluding carboxylic acids is 1. The highest BCUT2D eigenvalue weighted by Crippen LogP contribution is 2.49. The summed E-state index contributed by atoms with van der Waals surface area (Å²) in [5, 5.41) is 2.71. The highest BCUT2D eigenvalue weighted by atomic mass is 32.2. The number of piperidine rings is 1. The molecule has 1 saturated heterocycles. The van der Waals surface area contributed by atoms with Gasteiger partial charge in [0.2, 0.25) is 0 Å². The third-order valence-electron chi connectivity index (χ3n) is 6.76. The molecule has 5 nitrogen and oxygen atoms in total. The lowest BCUT2D eigenvalue weighted by Gasteiger charge is -2.35. The second-order valence-corrected chi connectivity index (χ2v) is 10.2. The van der Waals surface area contributed by atoms with Gasteiger partial charge in [-0.3, -0.25) is 0 Å². The van der Waals surface area contributed by atoms with E-state index in [4.69, 9.17) is 0 Å². The number of carbonyl (C=O) groups is 1. The maximum absolute atomic E-state index is 13.4. The number of methoxy groups -OCH3 is 1. The lowest BCUT2D eigenvalue weighted by Crippen LogP contribution is -2.36. The smallest absolute Gasteiger partial charge is 0.416 e. The number of halogens is 3. The van der Waals surface area contributed by atoms with Gasteiger partial charge in [0.05, 0.1) is 24.0 Å². The number of hydrogen-bond acceptors (Lipinski definition) is 5. The van der Waals surface area contributed by atoms with Crippen LogP contribution in [0.2, 0.25) is 0 Å². The van der Waals surface area contributed by atoms with Crippen LogP contribution in [-0.2, 0) is 10.9 Å². The number of para-hydroxylation sites is 1. The highest BCUT2D eigenvalue weighted by Gasteiger charge is 2.33. The molecule has 4 rings (SSSR count). The van der Waals surface area contributed by atoms with Gasteiger partial charge in [-0.2, -0.15) is 13.2 Å². The summed E-state index contributed by atoms with van der Waals surface area (Å²) in [7, 11) is 1.36. The van der Waals surface area contributed by atoms with E-state index in [0.717, 1.165) is 67.2 Å². The minimum absolute atomic E-state index is 0.393. The lowest BCUT2D eigenvalue weighted by molar-refractivity contribution is -0.137. The number of ether oxygens (including phenoxy) is 1. The van der Waals surface area contributed by atoms with Crippen LogP contribution < -0.4 is 10.2 Å². The van der Waals surface area contributed by atoms with Crippen molar-refractivity contribution in [3.63, 3.8) is 0 Å². The third-order valence-corrected chi connectivity index (χ3v) is 7.89. The minimum atomic E-state index is -4.36. The Balaban J connectivity index is 1.30. The van der Waals surface area contributed by atoms with Gasteiger partial charge in [0.15, 0.2) is 0 Å². The molecule has 2 aromatic carbocycles. The van der Waals surface area contributed by atoms with Gasteiger partial charge < -0.3 is 19.9 Å². The van der Waals surface area contributed by atoms with E-state index < -0.39 is 17.8 Å². The molecule has 2 aliphatic rings. The second-order valence-electron chi connectivity index (χ2n) is 9.10. The fourth-order valence-electron chi connectivity index (χ4n) is 4.85. The molecule has 1 fully saturated rings. The molecule has 190 valence electrons. The Hall–Kier alpha value is -2.39. The largest absolute Gasteiger partial charge is 0.453 e. The Morgan fingerprint density at radius 1 is 1.06 bits per heavy atom. The van der Waals surface area contributed by atoms with Crippen molar-refractivity contribution in [1.29, 1.82) is 0 Å². The molecule has 0 aliphatic carbocycles. The summed E-state index contributed by atoms with van der Waals surface area (Å²) in [6, 6.07) is 12.0. The molecule has 1 amide bonds. The van der Waals surface area contributed by atoms with Crippen molar-refractivity contribution in [2.75, 3.05) is 44.7 Å². The first-order valence-corrected chi connectivity index (χ1v) is 13.0. The van der Waals surface area contributed by atoms with Crippen molar-refractivity contribution >= 4 is 29.2 Å². The van der Waals surface area contributed by atoms with Gasteiger partial charge in [0, 0.05) is 22.9 Å². The number of nitrogens with zero attached hydrogens (tertiary/aromatic N) is 2. The zero-order valence-electron chi connectivity index (χ0n) is 19.9. The maximum Gasteiger partial charge on any atom is 0.416 e. The molecule has 0 unspecified atom stereocenters. The number of hydrogen-bond donors (Lipinski definition) is 1. The molecule has 1 N–H and O–H groups in total. The normalized spacial score (nSPS) is 16.5. The monoisotopic (exact) mass is 507 g/mol. The molecule has 0 radical (unpaired) electrons. The van der Waals surface area contributed by atoms with Crippen LogP contribution in [0.25, 0.3) is 0 Å². The van der Waals surface area contributed by atoms with E-state index in [1.807, 2.05) is 24.3 Å². The fourth-order valence-corrected chi connectivity index (χ4v) is 5.92. The number of anilines is 2. The molecule has 2 aliphatic heterocycles. The van der Waals surface area contributed by atoms with E-state index in [0.29, 0.717) is 24.7 Å². The second kappa shape index (κ2) is 11.6. The number of amides is 1. The number of alkyl halides is 3. The average Bonchev–Trinajstić information content (AvgIpc) is 2.86. The Morgan fingerprint density at radius 2 is 1.80 bits per heavy atom. The van der Waals surface area contributed by atoms with E-state index >= 15 is 0 Å². The van der Waals surface area contributed by atoms with E-state index in [-0.39, 0.29) is 0 Å². The van der Waals surface area contributed by atoms with E-state index in [9.17, 15) is 18.0 Å². The van der Waals surface area contributed by atoms with Crippen molar-refractivity contribution in [2.24, 2.45) is 5.92 Å². The van der Waals surface area contributed by atoms with Crippen molar-refractivity contribution in [3.8, 4) is 0 Å². The van der Waals surface area contributed by atoms with Crippen LogP contribution in [0.15, 0.2) is 52.3 Å². The third kappa shape index (κ3) is 6.64. The van der Waals surface area contributed by atoms with Gasteiger partial charge in [0.1, 0.15) is 0 Å². The summed E-state index contributed by atoms with van der Waals surface area (Å²) in [5.74, 6) is 0.634. The summed E-state index contributed by atoms with van der Waals surface area (Å²) in [6.45, 7) is 4.36. The first kappa shape index (κ1) is 25.7. The molecule has 2 heterocycles. The van der Waals surface area contributed by atoms with Crippen molar-refractivity contribution < 1.29 is 22.7 Å². The van der Waals surface area contributed by atoms with E-state index in [1.165, 1.54) is 31.0 Å². The van der Waals surface area contributed by atoms with Gasteiger partial charge in [-0.25, -0.2) is 4.79 Å². The number of nitrogens with one attached hydrogen (secondary N) is 1. The van der Waals surface area contributed by atoms with Crippen molar-refractivity contribution in [3.05, 3.63) is 48.0 Å². The summed E-state index contributed by atoms with van der Waals surface area (Å²) < 4.78 is 44.8. The van der Waals surface area contributed by atoms with Crippen LogP contribution in [0.3, 0.4) is 0 Å². The first-order valence-electron chi connectivity index (χ1n) is 12.1. The molecule has 9 heteroatoms. The van der Waals surface area contributed by atoms with Crippen LogP contribution in [0.4, 0.5) is 29.3 Å². The number of rotatable bonds is 8. The minimum Gasteiger partial charge on any atom is -0.453 e. The van der Waals surface area contributed by atoms with Crippen LogP contribution in [0, 0.1) is 5.92 Å². The standard InChI is InChI=1S/C26H32F3N3O2S/c1-34-25(33)30-13-5-14-31-16-11-19(12-17-31)6-4-15-32-21-7-2-3-8-23(21)35-24-10-9-20(18-22(24)32)26(27,28)29/h2-3,7-10,18-19H,4-6,11-17H2,1H3,(H,30,33). The average molecular weight is 508 g/mol. The topological polar surface area (TPSA) is 44.8 Å². The molecular formula is C26H32F3N3O2S. The van der Waals surface area contributed by atoms with Gasteiger partial charge in [-0.05, 0) is 88.0 Å². The zero-order chi connectivity index (χ0) is 24.8. The van der Waals surface area contributed by atoms with E-state index in [1.54, 1.807) is 6.07 Å². The lowest BCUT2D eigenvalue weighted by atomic mass is 9.92. The predicted molar refractivity (Wildman–Crippen MR) is 132 cm³/mol. The molecule has 0 spiro atoms. The van der Waals surface area contributed by atoms with Gasteiger partial charge in [0.25, 0.3) is 0 Å². The van der Waals surface area contributed by atoms with E-state index in [2.05, 4.69) is 19.9 Å². The summed E-state index contributed by atoms with van der Waals surface area (Å²) >= 11 is 1.53. The van der Waals surface area contributed by atoms with Crippen molar-refractivity contribution in [2.45, 2.75) is 48.1 Å². The fraction of sp³-hybridized carbons (Fsp3) is 0.500. The molecule has 2 aromatic rings. The van der Waals surface area contributed by atoms with Crippen molar-refractivity contribution in [1.82, 2.24) is 10.2 Å². The number of fused-ring (bicyclic) bond motifs is 2. The molecule has 0 saturated carbocycles. The molecule has 0 atom stereocenters. The highest BCUT2D eigenvalue weighted by molar-refractivity contribution is 7.99. The van der Waals surface area contributed by atoms with Crippen LogP contribution in [-0.4, -0.2) is 50.8 Å². The van der Waals surface area contributed by atoms with Gasteiger partial charge in [-0.15, -0.1) is 0 Å². The summed E-state index contributed by atoms with van der Waals surface area (Å²) in [6.07, 6.45) is 0.408. The van der Waals surface area contributed by atoms with Crippen LogP contribution in [0.1, 0.15) is 37.7 Å². The predicted octanol–water partition coefficient (Wildman–Crippen LogP) is 6.55. The number of benzene rings is 2. The number of likely N-dealkylation sites (tertiary alicyclic amines) is 1. The SMILES string of the molecule is COC(=O)NCCCN1CCC(CCCN2c3ccccc3Sc3ccc(C(F)(F)F)cc32)CC1. The number of alkyl carbamates (subject to hydrolysis) is 1. The maximum atomic E-state index is 13.4. The van der Waals surface area contributed by atoms with Gasteiger partial charge in [-0.1, -0.05) is 23.9 Å². The molecule has 0 aromatic heterocycles. The van der Waals surface area contributed by atoms with Crippen LogP contribution in [0.5, 0.6) is 0 Å². The summed E-state index contributed by atoms with van der Waals surface area (Å²) in [5.41, 5.74) is 1.04. The molecule has 0 bridgehead atoms. The van der Waals surface area contributed by atoms with Crippen LogP contribution >= 0.6 is 11.8 Å². The molecule has 35 heavy (non-hydrogen) atoms. The Labute approximate surface area is 209 Å².